The Morgan fingerprint density at radius 1 is 1.27 bits per heavy atom. The van der Waals surface area contributed by atoms with Crippen molar-refractivity contribution in [1.29, 1.82) is 0 Å². The maximum atomic E-state index is 11.8. The van der Waals surface area contributed by atoms with Crippen molar-refractivity contribution < 1.29 is 24.0 Å². The van der Waals surface area contributed by atoms with E-state index in [4.69, 9.17) is 9.47 Å². The molecule has 0 saturated heterocycles. The number of hydrogen-bond acceptors (Lipinski definition) is 6. The van der Waals surface area contributed by atoms with Crippen molar-refractivity contribution in [2.24, 2.45) is 0 Å². The molecule has 8 nitrogen and oxygen atoms in total. The van der Waals surface area contributed by atoms with Gasteiger partial charge in [0, 0.05) is 25.7 Å². The van der Waals surface area contributed by atoms with E-state index in [9.17, 15) is 19.7 Å². The smallest absolute Gasteiger partial charge is 0.306 e. The number of nitrogens with one attached hydrogen (secondary N) is 1. The van der Waals surface area contributed by atoms with E-state index in [0.29, 0.717) is 17.9 Å². The number of carbonyl (C=O) groups is 2. The zero-order chi connectivity index (χ0) is 16.5. The molecular formula is C14H18N2O6. The number of nitrogens with zero attached hydrogens (tertiary/aromatic N) is 1. The Morgan fingerprint density at radius 2 is 2.00 bits per heavy atom. The average Bonchev–Trinajstić information content (AvgIpc) is 2.47. The van der Waals surface area contributed by atoms with Crippen LogP contribution in [-0.4, -0.2) is 37.1 Å². The molecule has 1 N–H and O–H groups in total. The molecule has 22 heavy (non-hydrogen) atoms. The zero-order valence-electron chi connectivity index (χ0n) is 12.5. The molecule has 1 amide bonds. The van der Waals surface area contributed by atoms with E-state index in [0.717, 1.165) is 0 Å². The monoisotopic (exact) mass is 310 g/mol. The van der Waals surface area contributed by atoms with E-state index in [-0.39, 0.29) is 25.1 Å². The summed E-state index contributed by atoms with van der Waals surface area (Å²) in [5.74, 6) is -0.907. The topological polar surface area (TPSA) is 108 Å². The molecule has 0 bridgehead atoms. The first-order chi connectivity index (χ1) is 10.4. The maximum absolute atomic E-state index is 11.8. The lowest BCUT2D eigenvalue weighted by molar-refractivity contribution is -0.384. The summed E-state index contributed by atoms with van der Waals surface area (Å²) in [6, 6.07) is 4.19. The lowest BCUT2D eigenvalue weighted by Crippen LogP contribution is -2.16. The van der Waals surface area contributed by atoms with E-state index in [1.54, 1.807) is 13.0 Å². The number of nitro benzene ring substituents is 1. The van der Waals surface area contributed by atoms with Crippen molar-refractivity contribution in [3.05, 3.63) is 33.9 Å². The summed E-state index contributed by atoms with van der Waals surface area (Å²) in [6.45, 7) is 2.16. The van der Waals surface area contributed by atoms with Crippen molar-refractivity contribution in [2.45, 2.75) is 19.8 Å². The zero-order valence-corrected chi connectivity index (χ0v) is 12.5. The van der Waals surface area contributed by atoms with Crippen molar-refractivity contribution in [1.82, 2.24) is 0 Å². The molecular weight excluding hydrogens is 292 g/mol. The second kappa shape index (κ2) is 8.73. The SMILES string of the molecule is COCCOC(=O)CCC(=O)Nc1cc([N+](=O)[O-])ccc1C. The van der Waals surface area contributed by atoms with E-state index in [2.05, 4.69) is 5.32 Å². The molecule has 0 aliphatic heterocycles. The van der Waals surface area contributed by atoms with Crippen molar-refractivity contribution >= 4 is 23.3 Å². The Morgan fingerprint density at radius 3 is 2.64 bits per heavy atom. The molecule has 0 saturated carbocycles. The number of rotatable bonds is 8. The summed E-state index contributed by atoms with van der Waals surface area (Å²) in [7, 11) is 1.49. The number of methoxy groups -OCH3 is 1. The minimum atomic E-state index is -0.539. The molecule has 0 radical (unpaired) electrons. The Balaban J connectivity index is 2.50. The van der Waals surface area contributed by atoms with Gasteiger partial charge in [0.2, 0.25) is 5.91 Å². The number of carbonyl (C=O) groups excluding carboxylic acids is 2. The van der Waals surface area contributed by atoms with E-state index >= 15 is 0 Å². The largest absolute Gasteiger partial charge is 0.463 e. The van der Waals surface area contributed by atoms with Gasteiger partial charge in [-0.15, -0.1) is 0 Å². The number of aryl methyl sites for hydroxylation is 1. The quantitative estimate of drug-likeness (QED) is 0.339. The highest BCUT2D eigenvalue weighted by Crippen LogP contribution is 2.22. The van der Waals surface area contributed by atoms with Crippen LogP contribution in [0.2, 0.25) is 0 Å². The van der Waals surface area contributed by atoms with Gasteiger partial charge in [-0.05, 0) is 12.5 Å². The summed E-state index contributed by atoms with van der Waals surface area (Å²) in [6.07, 6.45) is -0.128. The molecule has 0 heterocycles. The third-order valence-electron chi connectivity index (χ3n) is 2.81. The molecule has 0 aliphatic rings. The molecule has 0 unspecified atom stereocenters. The number of esters is 1. The molecule has 8 heteroatoms. The Labute approximate surface area is 127 Å². The van der Waals surface area contributed by atoms with Crippen LogP contribution in [0.25, 0.3) is 0 Å². The van der Waals surface area contributed by atoms with Gasteiger partial charge >= 0.3 is 5.97 Å². The average molecular weight is 310 g/mol. The van der Waals surface area contributed by atoms with Gasteiger partial charge in [0.05, 0.1) is 23.6 Å². The molecule has 0 aromatic heterocycles. The summed E-state index contributed by atoms with van der Waals surface area (Å²) in [4.78, 5) is 33.3. The Kier molecular flexibility index (Phi) is 6.97. The summed E-state index contributed by atoms with van der Waals surface area (Å²) >= 11 is 0. The van der Waals surface area contributed by atoms with Crippen LogP contribution in [0.4, 0.5) is 11.4 Å². The summed E-state index contributed by atoms with van der Waals surface area (Å²) < 4.78 is 9.55. The second-order valence-corrected chi connectivity index (χ2v) is 4.52. The van der Waals surface area contributed by atoms with Crippen LogP contribution in [0, 0.1) is 17.0 Å². The predicted octanol–water partition coefficient (Wildman–Crippen LogP) is 1.81. The molecule has 120 valence electrons. The number of non-ortho nitro benzene ring substituents is 1. The number of anilines is 1. The van der Waals surface area contributed by atoms with Crippen LogP contribution in [0.3, 0.4) is 0 Å². The summed E-state index contributed by atoms with van der Waals surface area (Å²) in [5, 5.41) is 13.3. The minimum absolute atomic E-state index is 0.0616. The van der Waals surface area contributed by atoms with Gasteiger partial charge < -0.3 is 14.8 Å². The van der Waals surface area contributed by atoms with Crippen molar-refractivity contribution in [3.8, 4) is 0 Å². The summed E-state index contributed by atoms with van der Waals surface area (Å²) in [5.41, 5.74) is 0.938. The lowest BCUT2D eigenvalue weighted by Gasteiger charge is -2.08. The van der Waals surface area contributed by atoms with Gasteiger partial charge in [-0.25, -0.2) is 0 Å². The molecule has 0 atom stereocenters. The van der Waals surface area contributed by atoms with Crippen molar-refractivity contribution in [3.63, 3.8) is 0 Å². The van der Waals surface area contributed by atoms with Gasteiger partial charge in [-0.3, -0.25) is 19.7 Å². The normalized spacial score (nSPS) is 10.1. The maximum Gasteiger partial charge on any atom is 0.306 e. The number of nitro groups is 1. The first kappa shape index (κ1) is 17.6. The van der Waals surface area contributed by atoms with E-state index in [1.807, 2.05) is 0 Å². The van der Waals surface area contributed by atoms with Gasteiger partial charge in [0.15, 0.2) is 0 Å². The van der Waals surface area contributed by atoms with Crippen molar-refractivity contribution in [2.75, 3.05) is 25.6 Å². The molecule has 0 spiro atoms. The first-order valence-corrected chi connectivity index (χ1v) is 6.63. The predicted molar refractivity (Wildman–Crippen MR) is 78.5 cm³/mol. The number of ether oxygens (including phenoxy) is 2. The fraction of sp³-hybridized carbons (Fsp3) is 0.429. The number of amides is 1. The molecule has 0 fully saturated rings. The van der Waals surface area contributed by atoms with Crippen LogP contribution in [-0.2, 0) is 19.1 Å². The fourth-order valence-corrected chi connectivity index (χ4v) is 1.60. The molecule has 1 aromatic rings. The van der Waals surface area contributed by atoms with Gasteiger partial charge in [-0.2, -0.15) is 0 Å². The van der Waals surface area contributed by atoms with Crippen LogP contribution in [0.5, 0.6) is 0 Å². The number of hydrogen-bond donors (Lipinski definition) is 1. The fourth-order valence-electron chi connectivity index (χ4n) is 1.60. The molecule has 1 aromatic carbocycles. The molecule has 0 aliphatic carbocycles. The standard InChI is InChI=1S/C14H18N2O6/c1-10-3-4-11(16(19)20)9-12(10)15-13(17)5-6-14(18)22-8-7-21-2/h3-4,9H,5-8H2,1-2H3,(H,15,17). The third-order valence-corrected chi connectivity index (χ3v) is 2.81. The van der Waals surface area contributed by atoms with Crippen LogP contribution >= 0.6 is 0 Å². The Bertz CT molecular complexity index is 558. The highest BCUT2D eigenvalue weighted by molar-refractivity contribution is 5.93. The molecule has 1 rings (SSSR count). The van der Waals surface area contributed by atoms with Crippen LogP contribution in [0.1, 0.15) is 18.4 Å². The number of benzene rings is 1. The lowest BCUT2D eigenvalue weighted by atomic mass is 10.1. The van der Waals surface area contributed by atoms with Crippen LogP contribution < -0.4 is 5.32 Å². The van der Waals surface area contributed by atoms with Gasteiger partial charge in [-0.1, -0.05) is 6.07 Å². The second-order valence-electron chi connectivity index (χ2n) is 4.52. The van der Waals surface area contributed by atoms with E-state index in [1.165, 1.54) is 19.2 Å². The van der Waals surface area contributed by atoms with Gasteiger partial charge in [0.25, 0.3) is 5.69 Å². The Hall–Kier alpha value is -2.48. The van der Waals surface area contributed by atoms with Crippen LogP contribution in [0.15, 0.2) is 18.2 Å². The van der Waals surface area contributed by atoms with Gasteiger partial charge in [0.1, 0.15) is 6.61 Å². The highest BCUT2D eigenvalue weighted by Gasteiger charge is 2.12. The minimum Gasteiger partial charge on any atom is -0.463 e. The third kappa shape index (κ3) is 5.88. The highest BCUT2D eigenvalue weighted by atomic mass is 16.6. The first-order valence-electron chi connectivity index (χ1n) is 6.63. The van der Waals surface area contributed by atoms with E-state index < -0.39 is 16.8 Å².